The maximum Gasteiger partial charge on any atom is 0.349 e. The van der Waals surface area contributed by atoms with E-state index in [1.54, 1.807) is 20.3 Å². The first-order chi connectivity index (χ1) is 16.0. The van der Waals surface area contributed by atoms with Crippen LogP contribution in [0.15, 0.2) is 77.6 Å². The van der Waals surface area contributed by atoms with Gasteiger partial charge in [-0.05, 0) is 30.7 Å². The van der Waals surface area contributed by atoms with Crippen molar-refractivity contribution in [2.45, 2.75) is 19.5 Å². The van der Waals surface area contributed by atoms with Gasteiger partial charge in [0.05, 0.1) is 31.5 Å². The lowest BCUT2D eigenvalue weighted by molar-refractivity contribution is -0.122. The highest BCUT2D eigenvalue weighted by molar-refractivity contribution is 5.93. The smallest absolute Gasteiger partial charge is 0.349 e. The van der Waals surface area contributed by atoms with Gasteiger partial charge in [0.1, 0.15) is 6.54 Å². The second-order valence-electron chi connectivity index (χ2n) is 7.62. The highest BCUT2D eigenvalue weighted by Crippen LogP contribution is 2.30. The summed E-state index contributed by atoms with van der Waals surface area (Å²) in [5.74, 6) is 0.903. The number of carbonyl (C=O) groups excluding carboxylic acids is 1. The molecule has 33 heavy (non-hydrogen) atoms. The van der Waals surface area contributed by atoms with Gasteiger partial charge in [-0.25, -0.2) is 4.79 Å². The van der Waals surface area contributed by atoms with E-state index in [1.807, 2.05) is 73.7 Å². The molecule has 0 aliphatic rings. The summed E-state index contributed by atoms with van der Waals surface area (Å²) in [6.45, 7) is 1.73. The highest BCUT2D eigenvalue weighted by Gasteiger charge is 2.17. The van der Waals surface area contributed by atoms with Gasteiger partial charge in [0.25, 0.3) is 0 Å². The summed E-state index contributed by atoms with van der Waals surface area (Å²) in [6, 6.07) is 22.2. The molecule has 1 amide bonds. The van der Waals surface area contributed by atoms with Crippen LogP contribution < -0.4 is 20.5 Å². The molecule has 0 saturated heterocycles. The zero-order chi connectivity index (χ0) is 23.4. The third-order valence-electron chi connectivity index (χ3n) is 5.52. The number of carbonyl (C=O) groups is 1. The molecule has 0 aliphatic carbocycles. The molecular formula is C26H25N3O4. The molecule has 168 valence electrons. The third-order valence-corrected chi connectivity index (χ3v) is 5.52. The van der Waals surface area contributed by atoms with Crippen LogP contribution in [0, 0.1) is 0 Å². The number of benzene rings is 3. The van der Waals surface area contributed by atoms with Crippen LogP contribution in [0.4, 0.5) is 0 Å². The molecule has 0 saturated carbocycles. The number of rotatable bonds is 7. The topological polar surface area (TPSA) is 82.5 Å². The van der Waals surface area contributed by atoms with Crippen LogP contribution in [0.2, 0.25) is 0 Å². The number of ether oxygens (including phenoxy) is 2. The van der Waals surface area contributed by atoms with Crippen LogP contribution in [0.25, 0.3) is 22.2 Å². The van der Waals surface area contributed by atoms with Gasteiger partial charge in [0.2, 0.25) is 5.91 Å². The second-order valence-corrected chi connectivity index (χ2v) is 7.62. The Morgan fingerprint density at radius 3 is 2.39 bits per heavy atom. The molecule has 4 aromatic rings. The van der Waals surface area contributed by atoms with E-state index in [2.05, 4.69) is 10.3 Å². The van der Waals surface area contributed by atoms with E-state index < -0.39 is 5.69 Å². The number of methoxy groups -OCH3 is 2. The zero-order valence-corrected chi connectivity index (χ0v) is 18.7. The minimum absolute atomic E-state index is 0.140. The van der Waals surface area contributed by atoms with Gasteiger partial charge in [0, 0.05) is 10.9 Å². The first-order valence-corrected chi connectivity index (χ1v) is 10.6. The number of nitrogens with zero attached hydrogens (tertiary/aromatic N) is 2. The van der Waals surface area contributed by atoms with Crippen LogP contribution >= 0.6 is 0 Å². The van der Waals surface area contributed by atoms with Crippen LogP contribution in [0.1, 0.15) is 18.5 Å². The van der Waals surface area contributed by atoms with Crippen molar-refractivity contribution in [1.29, 1.82) is 0 Å². The normalized spacial score (nSPS) is 11.7. The minimum Gasteiger partial charge on any atom is -0.493 e. The fourth-order valence-electron chi connectivity index (χ4n) is 3.83. The van der Waals surface area contributed by atoms with E-state index in [4.69, 9.17) is 9.47 Å². The summed E-state index contributed by atoms with van der Waals surface area (Å²) in [4.78, 5) is 30.1. The molecule has 0 aliphatic heterocycles. The van der Waals surface area contributed by atoms with Crippen molar-refractivity contribution in [2.24, 2.45) is 0 Å². The first kappa shape index (κ1) is 22.1. The molecule has 0 unspecified atom stereocenters. The maximum atomic E-state index is 12.9. The van der Waals surface area contributed by atoms with E-state index >= 15 is 0 Å². The van der Waals surface area contributed by atoms with Crippen molar-refractivity contribution in [3.63, 3.8) is 0 Å². The van der Waals surface area contributed by atoms with Gasteiger partial charge in [-0.3, -0.25) is 9.36 Å². The number of nitrogens with one attached hydrogen (secondary N) is 1. The van der Waals surface area contributed by atoms with Crippen molar-refractivity contribution in [2.75, 3.05) is 14.2 Å². The number of hydrogen-bond acceptors (Lipinski definition) is 5. The van der Waals surface area contributed by atoms with Crippen LogP contribution in [-0.4, -0.2) is 29.7 Å². The van der Waals surface area contributed by atoms with Crippen molar-refractivity contribution in [3.8, 4) is 22.8 Å². The molecule has 1 heterocycles. The summed E-state index contributed by atoms with van der Waals surface area (Å²) in [5, 5.41) is 3.76. The van der Waals surface area contributed by atoms with Gasteiger partial charge >= 0.3 is 5.69 Å². The Hall–Kier alpha value is -4.13. The molecule has 3 aromatic carbocycles. The zero-order valence-electron chi connectivity index (χ0n) is 18.7. The predicted molar refractivity (Wildman–Crippen MR) is 128 cm³/mol. The maximum absolute atomic E-state index is 12.9. The summed E-state index contributed by atoms with van der Waals surface area (Å²) in [6.07, 6.45) is 0. The Morgan fingerprint density at radius 1 is 0.970 bits per heavy atom. The van der Waals surface area contributed by atoms with Crippen LogP contribution in [0.5, 0.6) is 11.5 Å². The Labute approximate surface area is 191 Å². The number of hydrogen-bond donors (Lipinski definition) is 1. The van der Waals surface area contributed by atoms with Gasteiger partial charge in [-0.1, -0.05) is 54.6 Å². The van der Waals surface area contributed by atoms with Crippen molar-refractivity contribution in [3.05, 3.63) is 88.8 Å². The van der Waals surface area contributed by atoms with Crippen molar-refractivity contribution in [1.82, 2.24) is 14.9 Å². The van der Waals surface area contributed by atoms with Gasteiger partial charge in [-0.2, -0.15) is 4.98 Å². The lowest BCUT2D eigenvalue weighted by atomic mass is 10.1. The summed E-state index contributed by atoms with van der Waals surface area (Å²) < 4.78 is 12.0. The lowest BCUT2D eigenvalue weighted by Crippen LogP contribution is -2.35. The third kappa shape index (κ3) is 4.57. The summed E-state index contributed by atoms with van der Waals surface area (Å²) in [7, 11) is 3.14. The van der Waals surface area contributed by atoms with E-state index in [9.17, 15) is 9.59 Å². The summed E-state index contributed by atoms with van der Waals surface area (Å²) in [5.41, 5.74) is 2.50. The van der Waals surface area contributed by atoms with Crippen molar-refractivity contribution >= 4 is 16.8 Å². The Balaban J connectivity index is 1.61. The lowest BCUT2D eigenvalue weighted by Gasteiger charge is -2.18. The molecule has 1 aromatic heterocycles. The van der Waals surface area contributed by atoms with Crippen molar-refractivity contribution < 1.29 is 14.3 Å². The van der Waals surface area contributed by atoms with Gasteiger partial charge in [-0.15, -0.1) is 0 Å². The number of amides is 1. The Kier molecular flexibility index (Phi) is 6.40. The monoisotopic (exact) mass is 443 g/mol. The largest absolute Gasteiger partial charge is 0.493 e. The van der Waals surface area contributed by atoms with E-state index in [0.717, 1.165) is 16.5 Å². The molecule has 0 bridgehead atoms. The Morgan fingerprint density at radius 2 is 1.67 bits per heavy atom. The fourth-order valence-corrected chi connectivity index (χ4v) is 3.83. The second kappa shape index (κ2) is 9.56. The van der Waals surface area contributed by atoms with Gasteiger partial charge in [0.15, 0.2) is 11.5 Å². The Bertz CT molecular complexity index is 1350. The van der Waals surface area contributed by atoms with E-state index in [1.165, 1.54) is 4.57 Å². The molecule has 7 heteroatoms. The minimum atomic E-state index is -0.471. The van der Waals surface area contributed by atoms with E-state index in [-0.39, 0.29) is 18.5 Å². The quantitative estimate of drug-likeness (QED) is 0.468. The molecule has 0 spiro atoms. The molecular weight excluding hydrogens is 418 g/mol. The molecule has 4 rings (SSSR count). The summed E-state index contributed by atoms with van der Waals surface area (Å²) >= 11 is 0. The molecule has 1 atom stereocenters. The number of fused-ring (bicyclic) bond motifs is 1. The SMILES string of the molecule is COc1ccc([C@H](C)NC(=O)Cn2c(=O)nc(-c3ccccc3)c3ccccc32)cc1OC. The van der Waals surface area contributed by atoms with Crippen LogP contribution in [-0.2, 0) is 11.3 Å². The fraction of sp³-hybridized carbons (Fsp3) is 0.192. The number of aromatic nitrogens is 2. The molecule has 0 radical (unpaired) electrons. The van der Waals surface area contributed by atoms with Crippen LogP contribution in [0.3, 0.4) is 0 Å². The average Bonchev–Trinajstić information content (AvgIpc) is 2.85. The average molecular weight is 444 g/mol. The molecule has 0 fully saturated rings. The predicted octanol–water partition coefficient (Wildman–Crippen LogP) is 3.96. The first-order valence-electron chi connectivity index (χ1n) is 10.6. The number of para-hydroxylation sites is 1. The van der Waals surface area contributed by atoms with E-state index in [0.29, 0.717) is 22.7 Å². The highest BCUT2D eigenvalue weighted by atomic mass is 16.5. The standard InChI is InChI=1S/C26H25N3O4/c1-17(19-13-14-22(32-2)23(15-19)33-3)27-24(30)16-29-21-12-8-7-11-20(21)25(28-26(29)31)18-9-5-4-6-10-18/h4-15,17H,16H2,1-3H3,(H,27,30)/t17-/m0/s1. The molecule has 1 N–H and O–H groups in total. The van der Waals surface area contributed by atoms with Gasteiger partial charge < -0.3 is 14.8 Å². The molecule has 7 nitrogen and oxygen atoms in total.